The van der Waals surface area contributed by atoms with Crippen LogP contribution in [0.2, 0.25) is 0 Å². The maximum absolute atomic E-state index is 12.4. The van der Waals surface area contributed by atoms with Crippen LogP contribution in [0, 0.1) is 0 Å². The van der Waals surface area contributed by atoms with Crippen LogP contribution < -0.4 is 16.0 Å². The summed E-state index contributed by atoms with van der Waals surface area (Å²) < 4.78 is 5.34. The quantitative estimate of drug-likeness (QED) is 0.327. The molecule has 0 aliphatic carbocycles. The first-order valence-corrected chi connectivity index (χ1v) is 10.4. The number of aliphatic imine (C=N–C) groups is 1. The van der Waals surface area contributed by atoms with Crippen LogP contribution >= 0.6 is 0 Å². The average Bonchev–Trinajstić information content (AvgIpc) is 2.78. The number of rotatable bonds is 8. The lowest BCUT2D eigenvalue weighted by molar-refractivity contribution is -0.131. The number of ether oxygens (including phenoxy) is 1. The van der Waals surface area contributed by atoms with Crippen LogP contribution in [0.4, 0.5) is 5.95 Å². The van der Waals surface area contributed by atoms with Crippen LogP contribution in [-0.2, 0) is 9.53 Å². The molecule has 1 aromatic rings. The Bertz CT molecular complexity index is 643. The monoisotopic (exact) mass is 404 g/mol. The van der Waals surface area contributed by atoms with Crippen molar-refractivity contribution >= 4 is 17.8 Å². The first-order valence-electron chi connectivity index (χ1n) is 10.4. The topological polar surface area (TPSA) is 112 Å². The van der Waals surface area contributed by atoms with Gasteiger partial charge in [0.2, 0.25) is 11.9 Å². The van der Waals surface area contributed by atoms with E-state index in [1.165, 1.54) is 0 Å². The van der Waals surface area contributed by atoms with Crippen molar-refractivity contribution in [1.29, 1.82) is 0 Å². The smallest absolute Gasteiger partial charge is 0.225 e. The summed E-state index contributed by atoms with van der Waals surface area (Å²) in [5.74, 6) is 1.26. The molecule has 2 saturated heterocycles. The number of carbonyl (C=O) groups excluding carboxylic acids is 1. The first-order chi connectivity index (χ1) is 14.2. The highest BCUT2D eigenvalue weighted by Gasteiger charge is 2.22. The summed E-state index contributed by atoms with van der Waals surface area (Å²) in [6, 6.07) is 1.80. The molecule has 1 amide bonds. The van der Waals surface area contributed by atoms with Gasteiger partial charge in [0.25, 0.3) is 0 Å². The van der Waals surface area contributed by atoms with E-state index >= 15 is 0 Å². The van der Waals surface area contributed by atoms with Gasteiger partial charge in [-0.1, -0.05) is 0 Å². The van der Waals surface area contributed by atoms with E-state index in [-0.39, 0.29) is 5.91 Å². The van der Waals surface area contributed by atoms with Gasteiger partial charge in [0.05, 0.1) is 13.2 Å². The highest BCUT2D eigenvalue weighted by Crippen LogP contribution is 2.10. The molecule has 0 atom stereocenters. The Morgan fingerprint density at radius 3 is 2.59 bits per heavy atom. The number of carbonyl (C=O) groups is 1. The summed E-state index contributed by atoms with van der Waals surface area (Å²) in [7, 11) is 0. The molecule has 2 fully saturated rings. The number of nitrogens with two attached hydrogens (primary N) is 1. The summed E-state index contributed by atoms with van der Waals surface area (Å²) in [5.41, 5.74) is 5.90. The van der Waals surface area contributed by atoms with Gasteiger partial charge in [0.1, 0.15) is 0 Å². The molecule has 0 bridgehead atoms. The second-order valence-electron chi connectivity index (χ2n) is 7.17. The van der Waals surface area contributed by atoms with Gasteiger partial charge in [0, 0.05) is 77.7 Å². The van der Waals surface area contributed by atoms with Gasteiger partial charge in [0.15, 0.2) is 5.96 Å². The van der Waals surface area contributed by atoms with E-state index in [0.717, 1.165) is 58.3 Å². The lowest BCUT2D eigenvalue weighted by Crippen LogP contribution is -2.49. The van der Waals surface area contributed by atoms with Crippen molar-refractivity contribution < 1.29 is 9.53 Å². The van der Waals surface area contributed by atoms with E-state index in [1.807, 2.05) is 4.90 Å². The highest BCUT2D eigenvalue weighted by atomic mass is 16.5. The number of hydrogen-bond acceptors (Lipinski definition) is 7. The summed E-state index contributed by atoms with van der Waals surface area (Å²) >= 11 is 0. The van der Waals surface area contributed by atoms with Gasteiger partial charge >= 0.3 is 0 Å². The minimum absolute atomic E-state index is 0.131. The molecule has 29 heavy (non-hydrogen) atoms. The summed E-state index contributed by atoms with van der Waals surface area (Å²) in [6.07, 6.45) is 4.85. The molecule has 2 aliphatic heterocycles. The number of piperazine rings is 1. The molecule has 0 aromatic carbocycles. The maximum atomic E-state index is 12.4. The molecule has 10 nitrogen and oxygen atoms in total. The minimum atomic E-state index is 0.131. The van der Waals surface area contributed by atoms with E-state index in [2.05, 4.69) is 30.1 Å². The lowest BCUT2D eigenvalue weighted by Gasteiger charge is -2.34. The van der Waals surface area contributed by atoms with Crippen LogP contribution in [0.1, 0.15) is 12.8 Å². The predicted molar refractivity (Wildman–Crippen MR) is 112 cm³/mol. The predicted octanol–water partition coefficient (Wildman–Crippen LogP) is -0.858. The van der Waals surface area contributed by atoms with Gasteiger partial charge in [-0.15, -0.1) is 0 Å². The molecule has 3 heterocycles. The molecule has 0 radical (unpaired) electrons. The zero-order valence-electron chi connectivity index (χ0n) is 17.0. The van der Waals surface area contributed by atoms with Crippen molar-refractivity contribution in [3.63, 3.8) is 0 Å². The fraction of sp³-hybridized carbons (Fsp3) is 0.684. The fourth-order valence-corrected chi connectivity index (χ4v) is 3.44. The van der Waals surface area contributed by atoms with Crippen molar-refractivity contribution in [2.45, 2.75) is 12.8 Å². The number of nitrogens with zero attached hydrogens (tertiary/aromatic N) is 6. The Balaban J connectivity index is 1.26. The molecule has 0 saturated carbocycles. The Labute approximate surface area is 172 Å². The van der Waals surface area contributed by atoms with Crippen molar-refractivity contribution in [2.75, 3.05) is 77.0 Å². The molecular formula is C19H32N8O2. The zero-order chi connectivity index (χ0) is 20.3. The van der Waals surface area contributed by atoms with E-state index in [9.17, 15) is 4.79 Å². The van der Waals surface area contributed by atoms with Gasteiger partial charge in [-0.3, -0.25) is 14.7 Å². The standard InChI is InChI=1S/C19H32N8O2/c20-18(21-6-2-8-25-13-15-29-16-14-25)22-7-3-17(28)26-9-11-27(12-10-26)19-23-4-1-5-24-19/h1,4-5H,2-3,6-16H2,(H3,20,21,22). The number of nitrogens with one attached hydrogen (secondary N) is 1. The number of hydrogen-bond donors (Lipinski definition) is 2. The molecular weight excluding hydrogens is 372 g/mol. The largest absolute Gasteiger partial charge is 0.379 e. The van der Waals surface area contributed by atoms with Crippen LogP contribution in [0.5, 0.6) is 0 Å². The third kappa shape index (κ3) is 7.13. The van der Waals surface area contributed by atoms with E-state index in [1.54, 1.807) is 18.5 Å². The third-order valence-corrected chi connectivity index (χ3v) is 5.13. The maximum Gasteiger partial charge on any atom is 0.225 e. The Morgan fingerprint density at radius 2 is 1.86 bits per heavy atom. The van der Waals surface area contributed by atoms with Crippen molar-refractivity contribution in [3.8, 4) is 0 Å². The Hall–Kier alpha value is -2.46. The summed E-state index contributed by atoms with van der Waals surface area (Å²) in [6.45, 7) is 8.67. The van der Waals surface area contributed by atoms with Crippen LogP contribution in [0.15, 0.2) is 23.5 Å². The Morgan fingerprint density at radius 1 is 1.14 bits per heavy atom. The third-order valence-electron chi connectivity index (χ3n) is 5.13. The summed E-state index contributed by atoms with van der Waals surface area (Å²) in [5, 5.41) is 3.04. The number of guanidine groups is 1. The SMILES string of the molecule is NC(=NCCCN1CCOCC1)NCCC(=O)N1CCN(c2ncccn2)CC1. The molecule has 1 aromatic heterocycles. The van der Waals surface area contributed by atoms with Crippen LogP contribution in [0.3, 0.4) is 0 Å². The van der Waals surface area contributed by atoms with Crippen molar-refractivity contribution in [2.24, 2.45) is 10.7 Å². The first kappa shape index (κ1) is 21.3. The Kier molecular flexibility index (Phi) is 8.44. The molecule has 0 unspecified atom stereocenters. The van der Waals surface area contributed by atoms with Gasteiger partial charge in [-0.05, 0) is 12.5 Å². The second-order valence-corrected chi connectivity index (χ2v) is 7.17. The van der Waals surface area contributed by atoms with E-state index < -0.39 is 0 Å². The van der Waals surface area contributed by atoms with Crippen LogP contribution in [-0.4, -0.2) is 104 Å². The fourth-order valence-electron chi connectivity index (χ4n) is 3.44. The van der Waals surface area contributed by atoms with Gasteiger partial charge in [-0.2, -0.15) is 0 Å². The molecule has 2 aliphatic rings. The van der Waals surface area contributed by atoms with E-state index in [0.29, 0.717) is 38.6 Å². The number of amides is 1. The molecule has 160 valence electrons. The van der Waals surface area contributed by atoms with Crippen LogP contribution in [0.25, 0.3) is 0 Å². The second kappa shape index (κ2) is 11.5. The molecule has 3 N–H and O–H groups in total. The lowest BCUT2D eigenvalue weighted by atomic mass is 10.3. The van der Waals surface area contributed by atoms with Crippen molar-refractivity contribution in [3.05, 3.63) is 18.5 Å². The minimum Gasteiger partial charge on any atom is -0.379 e. The zero-order valence-corrected chi connectivity index (χ0v) is 17.0. The van der Waals surface area contributed by atoms with Crippen molar-refractivity contribution in [1.82, 2.24) is 25.1 Å². The molecule has 3 rings (SSSR count). The van der Waals surface area contributed by atoms with Gasteiger partial charge < -0.3 is 25.6 Å². The number of morpholine rings is 1. The summed E-state index contributed by atoms with van der Waals surface area (Å²) in [4.78, 5) is 31.6. The molecule has 0 spiro atoms. The molecule has 10 heteroatoms. The average molecular weight is 405 g/mol. The van der Waals surface area contributed by atoms with E-state index in [4.69, 9.17) is 10.5 Å². The normalized spacial score (nSPS) is 18.7. The number of aromatic nitrogens is 2. The number of anilines is 1. The highest BCUT2D eigenvalue weighted by molar-refractivity contribution is 5.80. The van der Waals surface area contributed by atoms with Gasteiger partial charge in [-0.25, -0.2) is 9.97 Å².